The normalized spacial score (nSPS) is 12.8. The number of nitrogens with one attached hydrogen (secondary N) is 2. The molecule has 112 valence electrons. The molecule has 0 heterocycles. The minimum atomic E-state index is -4.32. The van der Waals surface area contributed by atoms with E-state index < -0.39 is 18.6 Å². The van der Waals surface area contributed by atoms with Gasteiger partial charge in [-0.1, -0.05) is 18.2 Å². The number of ether oxygens (including phenoxy) is 1. The third kappa shape index (κ3) is 5.48. The third-order valence-corrected chi connectivity index (χ3v) is 2.59. The minimum Gasteiger partial charge on any atom is -0.496 e. The van der Waals surface area contributed by atoms with Crippen LogP contribution < -0.4 is 15.4 Å². The van der Waals surface area contributed by atoms with Crippen LogP contribution in [-0.4, -0.2) is 32.3 Å². The van der Waals surface area contributed by atoms with Gasteiger partial charge in [-0.15, -0.1) is 0 Å². The van der Waals surface area contributed by atoms with Crippen LogP contribution in [0.2, 0.25) is 0 Å². The van der Waals surface area contributed by atoms with E-state index in [1.54, 1.807) is 31.2 Å². The Morgan fingerprint density at radius 2 is 2.00 bits per heavy atom. The van der Waals surface area contributed by atoms with E-state index >= 15 is 0 Å². The molecule has 1 rings (SSSR count). The molecule has 1 amide bonds. The number of methoxy groups -OCH3 is 1. The zero-order chi connectivity index (χ0) is 15.2. The SMILES string of the molecule is COc1ccccc1[C@H](C)NC(=O)CNCC(F)(F)F. The zero-order valence-electron chi connectivity index (χ0n) is 11.3. The molecule has 0 aliphatic carbocycles. The number of carbonyl (C=O) groups excluding carboxylic acids is 1. The average molecular weight is 290 g/mol. The Kier molecular flexibility index (Phi) is 5.82. The first-order chi connectivity index (χ1) is 9.33. The van der Waals surface area contributed by atoms with Gasteiger partial charge in [0.1, 0.15) is 5.75 Å². The van der Waals surface area contributed by atoms with Gasteiger partial charge in [0.15, 0.2) is 0 Å². The Labute approximate surface area is 115 Å². The molecule has 20 heavy (non-hydrogen) atoms. The Morgan fingerprint density at radius 3 is 2.60 bits per heavy atom. The van der Waals surface area contributed by atoms with Crippen molar-refractivity contribution in [2.75, 3.05) is 20.2 Å². The summed E-state index contributed by atoms with van der Waals surface area (Å²) in [4.78, 5) is 11.5. The van der Waals surface area contributed by atoms with Gasteiger partial charge in [-0.25, -0.2) is 0 Å². The van der Waals surface area contributed by atoms with Crippen LogP contribution in [0.1, 0.15) is 18.5 Å². The maximum Gasteiger partial charge on any atom is 0.401 e. The number of alkyl halides is 3. The smallest absolute Gasteiger partial charge is 0.401 e. The van der Waals surface area contributed by atoms with Crippen molar-refractivity contribution in [3.8, 4) is 5.75 Å². The van der Waals surface area contributed by atoms with Crippen molar-refractivity contribution in [3.05, 3.63) is 29.8 Å². The number of benzene rings is 1. The molecule has 0 fully saturated rings. The summed E-state index contributed by atoms with van der Waals surface area (Å²) in [5.74, 6) is 0.108. The van der Waals surface area contributed by atoms with Crippen LogP contribution in [0, 0.1) is 0 Å². The second kappa shape index (κ2) is 7.14. The van der Waals surface area contributed by atoms with Crippen molar-refractivity contribution in [2.45, 2.75) is 19.1 Å². The lowest BCUT2D eigenvalue weighted by atomic mass is 10.1. The monoisotopic (exact) mass is 290 g/mol. The molecule has 1 aromatic carbocycles. The average Bonchev–Trinajstić information content (AvgIpc) is 2.37. The van der Waals surface area contributed by atoms with Gasteiger partial charge in [-0.05, 0) is 13.0 Å². The molecule has 2 N–H and O–H groups in total. The number of amides is 1. The van der Waals surface area contributed by atoms with Crippen molar-refractivity contribution in [1.82, 2.24) is 10.6 Å². The Bertz CT molecular complexity index is 449. The molecule has 0 spiro atoms. The maximum absolute atomic E-state index is 11.9. The van der Waals surface area contributed by atoms with Gasteiger partial charge in [-0.2, -0.15) is 13.2 Å². The first kappa shape index (κ1) is 16.3. The predicted molar refractivity (Wildman–Crippen MR) is 68.5 cm³/mol. The van der Waals surface area contributed by atoms with E-state index in [4.69, 9.17) is 4.74 Å². The van der Waals surface area contributed by atoms with Crippen molar-refractivity contribution in [1.29, 1.82) is 0 Å². The summed E-state index contributed by atoms with van der Waals surface area (Å²) in [7, 11) is 1.51. The highest BCUT2D eigenvalue weighted by molar-refractivity contribution is 5.78. The van der Waals surface area contributed by atoms with Crippen molar-refractivity contribution >= 4 is 5.91 Å². The highest BCUT2D eigenvalue weighted by Crippen LogP contribution is 2.24. The second-order valence-corrected chi connectivity index (χ2v) is 4.25. The van der Waals surface area contributed by atoms with Crippen LogP contribution in [0.5, 0.6) is 5.75 Å². The van der Waals surface area contributed by atoms with Gasteiger partial charge in [0.2, 0.25) is 5.91 Å². The molecule has 1 atom stereocenters. The third-order valence-electron chi connectivity index (χ3n) is 2.59. The molecule has 1 aromatic rings. The first-order valence-corrected chi connectivity index (χ1v) is 6.03. The fraction of sp³-hybridized carbons (Fsp3) is 0.462. The van der Waals surface area contributed by atoms with Crippen LogP contribution in [-0.2, 0) is 4.79 Å². The minimum absolute atomic E-state index is 0.355. The highest BCUT2D eigenvalue weighted by atomic mass is 19.4. The Morgan fingerprint density at radius 1 is 1.35 bits per heavy atom. The number of para-hydroxylation sites is 1. The van der Waals surface area contributed by atoms with Gasteiger partial charge >= 0.3 is 6.18 Å². The summed E-state index contributed by atoms with van der Waals surface area (Å²) in [6.45, 7) is 0.155. The van der Waals surface area contributed by atoms with Crippen LogP contribution in [0.4, 0.5) is 13.2 Å². The lowest BCUT2D eigenvalue weighted by Gasteiger charge is -2.17. The molecule has 0 aromatic heterocycles. The van der Waals surface area contributed by atoms with Gasteiger partial charge in [0.05, 0.1) is 26.2 Å². The summed E-state index contributed by atoms with van der Waals surface area (Å²) in [6.07, 6.45) is -4.32. The van der Waals surface area contributed by atoms with Crippen LogP contribution in [0.15, 0.2) is 24.3 Å². The van der Waals surface area contributed by atoms with Crippen LogP contribution in [0.3, 0.4) is 0 Å². The van der Waals surface area contributed by atoms with Gasteiger partial charge < -0.3 is 15.4 Å². The van der Waals surface area contributed by atoms with Crippen molar-refractivity contribution in [2.24, 2.45) is 0 Å². The van der Waals surface area contributed by atoms with Crippen LogP contribution >= 0.6 is 0 Å². The van der Waals surface area contributed by atoms with E-state index in [0.29, 0.717) is 5.75 Å². The highest BCUT2D eigenvalue weighted by Gasteiger charge is 2.26. The summed E-state index contributed by atoms with van der Waals surface area (Å²) in [5.41, 5.74) is 0.763. The summed E-state index contributed by atoms with van der Waals surface area (Å²) in [6, 6.07) is 6.77. The molecule has 0 unspecified atom stereocenters. The number of rotatable bonds is 6. The van der Waals surface area contributed by atoms with Crippen molar-refractivity contribution in [3.63, 3.8) is 0 Å². The summed E-state index contributed by atoms with van der Waals surface area (Å²) < 4.78 is 40.9. The quantitative estimate of drug-likeness (QED) is 0.843. The first-order valence-electron chi connectivity index (χ1n) is 6.03. The molecule has 4 nitrogen and oxygen atoms in total. The van der Waals surface area contributed by atoms with Gasteiger partial charge in [0, 0.05) is 5.56 Å². The molecule has 0 bridgehead atoms. The Balaban J connectivity index is 2.49. The zero-order valence-corrected chi connectivity index (χ0v) is 11.3. The molecule has 7 heteroatoms. The van der Waals surface area contributed by atoms with E-state index in [1.807, 2.05) is 5.32 Å². The molecular weight excluding hydrogens is 273 g/mol. The number of carbonyl (C=O) groups is 1. The maximum atomic E-state index is 11.9. The molecule has 0 saturated heterocycles. The lowest BCUT2D eigenvalue weighted by molar-refractivity contribution is -0.128. The molecule has 0 aliphatic rings. The predicted octanol–water partition coefficient (Wildman–Crippen LogP) is 2.02. The number of hydrogen-bond acceptors (Lipinski definition) is 3. The van der Waals surface area contributed by atoms with Crippen molar-refractivity contribution < 1.29 is 22.7 Å². The van der Waals surface area contributed by atoms with E-state index in [0.717, 1.165) is 5.56 Å². The molecule has 0 saturated carbocycles. The number of halogens is 3. The molecule has 0 radical (unpaired) electrons. The topological polar surface area (TPSA) is 50.4 Å². The standard InChI is InChI=1S/C13H17F3N2O2/c1-9(10-5-3-4-6-11(10)20-2)18-12(19)7-17-8-13(14,15)16/h3-6,9,17H,7-8H2,1-2H3,(H,18,19)/t9-/m0/s1. The fourth-order valence-corrected chi connectivity index (χ4v) is 1.71. The summed E-state index contributed by atoms with van der Waals surface area (Å²) in [5, 5.41) is 4.65. The van der Waals surface area contributed by atoms with E-state index in [1.165, 1.54) is 7.11 Å². The van der Waals surface area contributed by atoms with Gasteiger partial charge in [0.25, 0.3) is 0 Å². The number of hydrogen-bond donors (Lipinski definition) is 2. The summed E-state index contributed by atoms with van der Waals surface area (Å²) >= 11 is 0. The molecule has 0 aliphatic heterocycles. The van der Waals surface area contributed by atoms with Crippen LogP contribution in [0.25, 0.3) is 0 Å². The largest absolute Gasteiger partial charge is 0.496 e. The van der Waals surface area contributed by atoms with E-state index in [9.17, 15) is 18.0 Å². The van der Waals surface area contributed by atoms with Gasteiger partial charge in [-0.3, -0.25) is 4.79 Å². The van der Waals surface area contributed by atoms with E-state index in [-0.39, 0.29) is 12.6 Å². The van der Waals surface area contributed by atoms with E-state index in [2.05, 4.69) is 5.32 Å². The molecular formula is C13H17F3N2O2. The fourth-order valence-electron chi connectivity index (χ4n) is 1.71. The lowest BCUT2D eigenvalue weighted by Crippen LogP contribution is -2.39. The second-order valence-electron chi connectivity index (χ2n) is 4.25. The Hall–Kier alpha value is -1.76.